The number of para-hydroxylation sites is 1. The second kappa shape index (κ2) is 7.30. The number of alkyl halides is 2. The number of aryl methyl sites for hydroxylation is 1. The number of sulfonamides is 1. The molecule has 0 aliphatic heterocycles. The molecule has 0 amide bonds. The van der Waals surface area contributed by atoms with Crippen molar-refractivity contribution in [1.29, 1.82) is 0 Å². The maximum Gasteiger partial charge on any atom is 0.299 e. The van der Waals surface area contributed by atoms with Crippen LogP contribution in [0.4, 0.5) is 5.69 Å². The molecule has 0 bridgehead atoms. The Balaban J connectivity index is 2.12. The molecule has 10 heteroatoms. The smallest absolute Gasteiger partial charge is 0.299 e. The fourth-order valence-corrected chi connectivity index (χ4v) is 3.44. The summed E-state index contributed by atoms with van der Waals surface area (Å²) in [5.74, 6) is -1.40. The lowest BCUT2D eigenvalue weighted by atomic mass is 10.2. The Morgan fingerprint density at radius 3 is 2.37 bits per heavy atom. The zero-order chi connectivity index (χ0) is 19.8. The van der Waals surface area contributed by atoms with Crippen molar-refractivity contribution < 1.29 is 18.3 Å². The molecule has 2 aromatic carbocycles. The van der Waals surface area contributed by atoms with Crippen molar-refractivity contribution in [2.24, 2.45) is 9.63 Å². The number of carbonyl (C=O) groups is 1. The van der Waals surface area contributed by atoms with Gasteiger partial charge in [-0.25, -0.2) is 4.57 Å². The van der Waals surface area contributed by atoms with Crippen LogP contribution >= 0.6 is 23.2 Å². The molecule has 0 atom stereocenters. The first-order valence-corrected chi connectivity index (χ1v) is 9.93. The highest BCUT2D eigenvalue weighted by molar-refractivity contribution is 7.90. The number of benzene rings is 2. The predicted octanol–water partition coefficient (Wildman–Crippen LogP) is 4.57. The third kappa shape index (κ3) is 3.69. The predicted molar refractivity (Wildman–Crippen MR) is 103 cm³/mol. The van der Waals surface area contributed by atoms with E-state index in [4.69, 9.17) is 23.2 Å². The fraction of sp³-hybridized carbons (Fsp3) is 0.118. The number of hydrogen-bond acceptors (Lipinski definition) is 5. The van der Waals surface area contributed by atoms with Gasteiger partial charge in [-0.2, -0.15) is 8.42 Å². The lowest BCUT2D eigenvalue weighted by Gasteiger charge is -2.05. The van der Waals surface area contributed by atoms with E-state index in [0.29, 0.717) is 5.39 Å². The third-order valence-electron chi connectivity index (χ3n) is 3.80. The number of nitrogens with zero attached hydrogens (tertiary/aromatic N) is 3. The quantitative estimate of drug-likeness (QED) is 0.488. The minimum Gasteiger partial charge on any atom is -0.493 e. The van der Waals surface area contributed by atoms with Gasteiger partial charge in [-0.1, -0.05) is 63.6 Å². The van der Waals surface area contributed by atoms with E-state index in [0.717, 1.165) is 10.1 Å². The van der Waals surface area contributed by atoms with Gasteiger partial charge in [-0.15, -0.1) is 5.11 Å². The summed E-state index contributed by atoms with van der Waals surface area (Å²) in [5, 5.41) is 14.4. The fourth-order valence-electron chi connectivity index (χ4n) is 2.48. The first-order valence-electron chi connectivity index (χ1n) is 7.62. The van der Waals surface area contributed by atoms with Gasteiger partial charge in [0.05, 0.1) is 10.4 Å². The van der Waals surface area contributed by atoms with Crippen molar-refractivity contribution in [2.45, 2.75) is 16.7 Å². The summed E-state index contributed by atoms with van der Waals surface area (Å²) in [5.41, 5.74) is 0.985. The Kier molecular flexibility index (Phi) is 5.23. The maximum absolute atomic E-state index is 12.4. The summed E-state index contributed by atoms with van der Waals surface area (Å²) >= 11 is 11.2. The number of rotatable bonds is 4. The average molecular weight is 426 g/mol. The molecule has 0 spiro atoms. The second-order valence-electron chi connectivity index (χ2n) is 5.63. The van der Waals surface area contributed by atoms with Gasteiger partial charge < -0.3 is 5.11 Å². The van der Waals surface area contributed by atoms with Gasteiger partial charge in [-0.05, 0) is 25.1 Å². The lowest BCUT2D eigenvalue weighted by Crippen LogP contribution is -2.16. The highest BCUT2D eigenvalue weighted by atomic mass is 35.5. The molecule has 0 radical (unpaired) electrons. The normalized spacial score (nSPS) is 12.3. The molecule has 1 aromatic heterocycles. The van der Waals surface area contributed by atoms with Crippen molar-refractivity contribution in [3.8, 4) is 5.88 Å². The summed E-state index contributed by atoms with van der Waals surface area (Å²) < 4.78 is 29.0. The Hall–Kier alpha value is -2.42. The summed E-state index contributed by atoms with van der Waals surface area (Å²) in [6, 6.07) is 12.4. The van der Waals surface area contributed by atoms with E-state index in [1.165, 1.54) is 18.2 Å². The third-order valence-corrected chi connectivity index (χ3v) is 5.34. The van der Waals surface area contributed by atoms with Crippen LogP contribution in [0.5, 0.6) is 5.88 Å². The molecule has 1 heterocycles. The zero-order valence-corrected chi connectivity index (χ0v) is 16.2. The highest BCUT2D eigenvalue weighted by Gasteiger charge is 2.25. The number of fused-ring (bicyclic) bond motifs is 1. The van der Waals surface area contributed by atoms with E-state index in [9.17, 15) is 18.3 Å². The molecule has 7 nitrogen and oxygen atoms in total. The summed E-state index contributed by atoms with van der Waals surface area (Å²) in [6.45, 7) is 1.82. The Morgan fingerprint density at radius 2 is 1.74 bits per heavy atom. The molecule has 0 fully saturated rings. The number of halogens is 2. The molecule has 27 heavy (non-hydrogen) atoms. The van der Waals surface area contributed by atoms with E-state index < -0.39 is 26.6 Å². The Morgan fingerprint density at radius 1 is 1.11 bits per heavy atom. The monoisotopic (exact) mass is 425 g/mol. The minimum absolute atomic E-state index is 0.0438. The van der Waals surface area contributed by atoms with E-state index in [1.54, 1.807) is 30.3 Å². The minimum atomic E-state index is -4.09. The van der Waals surface area contributed by atoms with Gasteiger partial charge in [-0.3, -0.25) is 4.79 Å². The molecule has 3 aromatic rings. The molecule has 0 saturated heterocycles. The highest BCUT2D eigenvalue weighted by Crippen LogP contribution is 2.39. The van der Waals surface area contributed by atoms with Crippen molar-refractivity contribution in [3.63, 3.8) is 0 Å². The van der Waals surface area contributed by atoms with Gasteiger partial charge in [0.2, 0.25) is 5.88 Å². The van der Waals surface area contributed by atoms with E-state index in [-0.39, 0.29) is 16.1 Å². The van der Waals surface area contributed by atoms with Crippen LogP contribution in [0.25, 0.3) is 10.9 Å². The van der Waals surface area contributed by atoms with Gasteiger partial charge in [0.1, 0.15) is 0 Å². The van der Waals surface area contributed by atoms with Crippen LogP contribution in [0.3, 0.4) is 0 Å². The zero-order valence-electron chi connectivity index (χ0n) is 13.9. The van der Waals surface area contributed by atoms with E-state index >= 15 is 0 Å². The topological polar surface area (TPSA) is 101 Å². The van der Waals surface area contributed by atoms with Crippen LogP contribution in [-0.2, 0) is 10.0 Å². The lowest BCUT2D eigenvalue weighted by molar-refractivity contribution is 0.0926. The van der Waals surface area contributed by atoms with Crippen LogP contribution < -0.4 is 0 Å². The van der Waals surface area contributed by atoms with Crippen molar-refractivity contribution in [1.82, 2.24) is 4.57 Å². The standard InChI is InChI=1S/C17H13Cl2N3O4S/c1-10-6-8-11(9-7-10)27(25,26)21-20-14-12-4-2-3-5-13(12)22(16(14)23)17(24)15(18)19/h2-9,15,23H,1H3. The van der Waals surface area contributed by atoms with Gasteiger partial charge >= 0.3 is 0 Å². The first-order chi connectivity index (χ1) is 12.7. The summed E-state index contributed by atoms with van der Waals surface area (Å²) in [6.07, 6.45) is 0. The van der Waals surface area contributed by atoms with Crippen LogP contribution in [0.15, 0.2) is 63.1 Å². The van der Waals surface area contributed by atoms with Gasteiger partial charge in [0, 0.05) is 5.39 Å². The number of aromatic nitrogens is 1. The van der Waals surface area contributed by atoms with E-state index in [2.05, 4.69) is 9.63 Å². The molecular formula is C17H13Cl2N3O4S. The molecule has 1 N–H and O–H groups in total. The van der Waals surface area contributed by atoms with Crippen LogP contribution in [0.2, 0.25) is 0 Å². The number of hydrogen-bond donors (Lipinski definition) is 1. The van der Waals surface area contributed by atoms with E-state index in [1.807, 2.05) is 6.92 Å². The van der Waals surface area contributed by atoms with Crippen molar-refractivity contribution in [3.05, 3.63) is 54.1 Å². The molecule has 140 valence electrons. The molecular weight excluding hydrogens is 413 g/mol. The average Bonchev–Trinajstić information content (AvgIpc) is 2.91. The van der Waals surface area contributed by atoms with Crippen molar-refractivity contribution >= 4 is 55.7 Å². The Labute approximate surface area is 164 Å². The largest absolute Gasteiger partial charge is 0.493 e. The summed E-state index contributed by atoms with van der Waals surface area (Å²) in [4.78, 5) is 10.7. The molecule has 0 aliphatic carbocycles. The van der Waals surface area contributed by atoms with Crippen LogP contribution in [-0.4, -0.2) is 28.8 Å². The molecule has 0 aliphatic rings. The second-order valence-corrected chi connectivity index (χ2v) is 8.31. The molecule has 0 unspecified atom stereocenters. The van der Waals surface area contributed by atoms with Crippen molar-refractivity contribution in [2.75, 3.05) is 0 Å². The number of carbonyl (C=O) groups excluding carboxylic acids is 1. The van der Waals surface area contributed by atoms with Crippen LogP contribution in [0, 0.1) is 6.92 Å². The SMILES string of the molecule is Cc1ccc(S(=O)(=O)N=Nc2c(O)n(C(=O)C(Cl)Cl)c3ccccc23)cc1. The Bertz CT molecular complexity index is 1150. The molecule has 0 saturated carbocycles. The summed E-state index contributed by atoms with van der Waals surface area (Å²) in [7, 11) is -4.09. The first kappa shape index (κ1) is 19.3. The maximum atomic E-state index is 12.4. The van der Waals surface area contributed by atoms with Gasteiger partial charge in [0.25, 0.3) is 15.9 Å². The van der Waals surface area contributed by atoms with Crippen LogP contribution in [0.1, 0.15) is 10.4 Å². The molecule has 3 rings (SSSR count). The number of aromatic hydroxyl groups is 1. The van der Waals surface area contributed by atoms with Gasteiger partial charge in [0.15, 0.2) is 10.5 Å².